The zero-order chi connectivity index (χ0) is 16.7. The minimum absolute atomic E-state index is 0.659. The van der Waals surface area contributed by atoms with Gasteiger partial charge in [0, 0.05) is 0 Å². The van der Waals surface area contributed by atoms with Crippen molar-refractivity contribution in [2.45, 2.75) is 52.1 Å². The number of allylic oxidation sites excluding steroid dienone is 3. The maximum absolute atomic E-state index is 11.7. The van der Waals surface area contributed by atoms with Crippen LogP contribution in [-0.4, -0.2) is 44.7 Å². The molecule has 6 nitrogen and oxygen atoms in total. The standard InChI is InChI=1S/C16H24O6/c1-10(2)7-6-8-11(3)9-12-21-13(15(17)19-4)14(22-12)16(18)20-5/h7,9,12-14H,6,8H2,1-5H3/b11-9+. The van der Waals surface area contributed by atoms with E-state index >= 15 is 0 Å². The van der Waals surface area contributed by atoms with Crippen LogP contribution in [0.3, 0.4) is 0 Å². The molecular weight excluding hydrogens is 288 g/mol. The Bertz CT molecular complexity index is 437. The van der Waals surface area contributed by atoms with Crippen molar-refractivity contribution in [2.24, 2.45) is 0 Å². The third-order valence-electron chi connectivity index (χ3n) is 3.22. The summed E-state index contributed by atoms with van der Waals surface area (Å²) in [7, 11) is 2.46. The molecule has 0 amide bonds. The number of carbonyl (C=O) groups excluding carboxylic acids is 2. The Labute approximate surface area is 131 Å². The second-order valence-electron chi connectivity index (χ2n) is 5.36. The number of esters is 2. The van der Waals surface area contributed by atoms with Crippen molar-refractivity contribution in [1.29, 1.82) is 0 Å². The molecule has 1 fully saturated rings. The highest BCUT2D eigenvalue weighted by Crippen LogP contribution is 2.24. The van der Waals surface area contributed by atoms with Gasteiger partial charge in [0.2, 0.25) is 0 Å². The molecule has 0 spiro atoms. The maximum Gasteiger partial charge on any atom is 0.338 e. The van der Waals surface area contributed by atoms with E-state index in [0.29, 0.717) is 0 Å². The summed E-state index contributed by atoms with van der Waals surface area (Å²) in [6.45, 7) is 6.04. The average molecular weight is 312 g/mol. The van der Waals surface area contributed by atoms with Gasteiger partial charge >= 0.3 is 11.9 Å². The van der Waals surface area contributed by atoms with Crippen molar-refractivity contribution in [3.05, 3.63) is 23.3 Å². The number of rotatable bonds is 6. The lowest BCUT2D eigenvalue weighted by Crippen LogP contribution is -2.38. The molecule has 2 atom stereocenters. The van der Waals surface area contributed by atoms with E-state index in [9.17, 15) is 9.59 Å². The molecule has 0 saturated carbocycles. The predicted molar refractivity (Wildman–Crippen MR) is 80.0 cm³/mol. The number of methoxy groups -OCH3 is 2. The largest absolute Gasteiger partial charge is 0.467 e. The summed E-state index contributed by atoms with van der Waals surface area (Å²) in [4.78, 5) is 23.3. The SMILES string of the molecule is COC(=O)C1OC(/C=C(\C)CCC=C(C)C)OC1C(=O)OC. The Morgan fingerprint density at radius 3 is 1.91 bits per heavy atom. The molecule has 124 valence electrons. The van der Waals surface area contributed by atoms with Gasteiger partial charge in [-0.2, -0.15) is 0 Å². The van der Waals surface area contributed by atoms with Crippen molar-refractivity contribution in [3.8, 4) is 0 Å². The molecule has 1 rings (SSSR count). The second kappa shape index (κ2) is 8.70. The quantitative estimate of drug-likeness (QED) is 0.553. The van der Waals surface area contributed by atoms with Crippen molar-refractivity contribution in [2.75, 3.05) is 14.2 Å². The predicted octanol–water partition coefficient (Wildman–Crippen LogP) is 2.14. The van der Waals surface area contributed by atoms with Gasteiger partial charge in [-0.15, -0.1) is 0 Å². The topological polar surface area (TPSA) is 71.1 Å². The van der Waals surface area contributed by atoms with Crippen LogP contribution in [0.2, 0.25) is 0 Å². The summed E-state index contributed by atoms with van der Waals surface area (Å²) in [5.41, 5.74) is 2.31. The van der Waals surface area contributed by atoms with Crippen LogP contribution in [-0.2, 0) is 28.5 Å². The molecular formula is C16H24O6. The number of hydrogen-bond acceptors (Lipinski definition) is 6. The summed E-state index contributed by atoms with van der Waals surface area (Å²) in [6, 6.07) is 0. The van der Waals surface area contributed by atoms with E-state index in [1.165, 1.54) is 19.8 Å². The van der Waals surface area contributed by atoms with Crippen LogP contribution < -0.4 is 0 Å². The highest BCUT2D eigenvalue weighted by atomic mass is 16.8. The lowest BCUT2D eigenvalue weighted by atomic mass is 10.1. The van der Waals surface area contributed by atoms with Gasteiger partial charge in [0.15, 0.2) is 18.5 Å². The van der Waals surface area contributed by atoms with Gasteiger partial charge in [0.25, 0.3) is 0 Å². The van der Waals surface area contributed by atoms with E-state index in [2.05, 4.69) is 15.5 Å². The highest BCUT2D eigenvalue weighted by molar-refractivity contribution is 5.86. The summed E-state index contributed by atoms with van der Waals surface area (Å²) in [6.07, 6.45) is 2.69. The summed E-state index contributed by atoms with van der Waals surface area (Å²) < 4.78 is 20.2. The minimum atomic E-state index is -1.11. The Balaban J connectivity index is 2.71. The van der Waals surface area contributed by atoms with Crippen LogP contribution in [0.25, 0.3) is 0 Å². The van der Waals surface area contributed by atoms with E-state index in [-0.39, 0.29) is 0 Å². The van der Waals surface area contributed by atoms with Gasteiger partial charge < -0.3 is 18.9 Å². The number of ether oxygens (including phenoxy) is 4. The zero-order valence-electron chi connectivity index (χ0n) is 13.8. The Morgan fingerprint density at radius 2 is 1.50 bits per heavy atom. The van der Waals surface area contributed by atoms with E-state index < -0.39 is 30.4 Å². The lowest BCUT2D eigenvalue weighted by molar-refractivity contribution is -0.160. The molecule has 0 bridgehead atoms. The van der Waals surface area contributed by atoms with Crippen LogP contribution in [0, 0.1) is 0 Å². The van der Waals surface area contributed by atoms with Gasteiger partial charge in [0.1, 0.15) is 0 Å². The fraction of sp³-hybridized carbons (Fsp3) is 0.625. The van der Waals surface area contributed by atoms with Gasteiger partial charge in [-0.3, -0.25) is 0 Å². The molecule has 0 aromatic rings. The molecule has 22 heavy (non-hydrogen) atoms. The van der Waals surface area contributed by atoms with E-state index in [1.54, 1.807) is 6.08 Å². The number of hydrogen-bond donors (Lipinski definition) is 0. The van der Waals surface area contributed by atoms with Crippen LogP contribution in [0.4, 0.5) is 0 Å². The Kier molecular flexibility index (Phi) is 7.27. The molecule has 2 unspecified atom stereocenters. The van der Waals surface area contributed by atoms with Crippen LogP contribution in [0.5, 0.6) is 0 Å². The van der Waals surface area contributed by atoms with Crippen LogP contribution >= 0.6 is 0 Å². The van der Waals surface area contributed by atoms with Crippen molar-refractivity contribution in [1.82, 2.24) is 0 Å². The van der Waals surface area contributed by atoms with E-state index in [4.69, 9.17) is 9.47 Å². The summed E-state index contributed by atoms with van der Waals surface area (Å²) in [5, 5.41) is 0. The van der Waals surface area contributed by atoms with Gasteiger partial charge in [-0.1, -0.05) is 17.2 Å². The lowest BCUT2D eigenvalue weighted by Gasteiger charge is -2.11. The molecule has 1 saturated heterocycles. The van der Waals surface area contributed by atoms with Crippen molar-refractivity contribution < 1.29 is 28.5 Å². The number of carbonyl (C=O) groups is 2. The van der Waals surface area contributed by atoms with Crippen molar-refractivity contribution in [3.63, 3.8) is 0 Å². The highest BCUT2D eigenvalue weighted by Gasteiger charge is 2.46. The zero-order valence-corrected chi connectivity index (χ0v) is 13.8. The van der Waals surface area contributed by atoms with Crippen molar-refractivity contribution >= 4 is 11.9 Å². The first-order valence-corrected chi connectivity index (χ1v) is 7.16. The first-order chi connectivity index (χ1) is 10.4. The van der Waals surface area contributed by atoms with Crippen LogP contribution in [0.15, 0.2) is 23.3 Å². The molecule has 1 aliphatic heterocycles. The smallest absolute Gasteiger partial charge is 0.338 e. The minimum Gasteiger partial charge on any atom is -0.467 e. The second-order valence-corrected chi connectivity index (χ2v) is 5.36. The first-order valence-electron chi connectivity index (χ1n) is 7.16. The Morgan fingerprint density at radius 1 is 1.00 bits per heavy atom. The monoisotopic (exact) mass is 312 g/mol. The third kappa shape index (κ3) is 5.27. The molecule has 0 aliphatic carbocycles. The van der Waals surface area contributed by atoms with E-state index in [0.717, 1.165) is 18.4 Å². The average Bonchev–Trinajstić information content (AvgIpc) is 2.88. The molecule has 0 aromatic carbocycles. The van der Waals surface area contributed by atoms with E-state index in [1.807, 2.05) is 20.8 Å². The van der Waals surface area contributed by atoms with Crippen LogP contribution in [0.1, 0.15) is 33.6 Å². The molecule has 1 aliphatic rings. The molecule has 0 aromatic heterocycles. The normalized spacial score (nSPS) is 24.8. The Hall–Kier alpha value is -1.66. The van der Waals surface area contributed by atoms with Gasteiger partial charge in [0.05, 0.1) is 14.2 Å². The fourth-order valence-corrected chi connectivity index (χ4v) is 2.04. The van der Waals surface area contributed by atoms with Gasteiger partial charge in [-0.25, -0.2) is 9.59 Å². The molecule has 0 N–H and O–H groups in total. The molecule has 0 radical (unpaired) electrons. The third-order valence-corrected chi connectivity index (χ3v) is 3.22. The fourth-order valence-electron chi connectivity index (χ4n) is 2.04. The summed E-state index contributed by atoms with van der Waals surface area (Å²) >= 11 is 0. The first kappa shape index (κ1) is 18.4. The van der Waals surface area contributed by atoms with Gasteiger partial charge in [-0.05, 0) is 39.7 Å². The maximum atomic E-state index is 11.7. The molecule has 6 heteroatoms. The summed E-state index contributed by atoms with van der Waals surface area (Å²) in [5.74, 6) is -1.32. The molecule has 1 heterocycles.